The minimum atomic E-state index is -1.56. The van der Waals surface area contributed by atoms with E-state index in [9.17, 15) is 30.3 Å². The van der Waals surface area contributed by atoms with Gasteiger partial charge >= 0.3 is 0 Å². The highest BCUT2D eigenvalue weighted by molar-refractivity contribution is 5.76. The number of ether oxygens (including phenoxy) is 2. The summed E-state index contributed by atoms with van der Waals surface area (Å²) in [4.78, 5) is 13.0. The summed E-state index contributed by atoms with van der Waals surface area (Å²) < 4.78 is 11.2. The van der Waals surface area contributed by atoms with Crippen LogP contribution in [0.2, 0.25) is 0 Å². The summed E-state index contributed by atoms with van der Waals surface area (Å²) in [6.07, 6.45) is 38.2. The predicted octanol–water partition coefficient (Wildman–Crippen LogP) is 10.5. The second kappa shape index (κ2) is 39.1. The minimum absolute atomic E-state index is 0.173. The molecule has 0 aromatic carbocycles. The minimum Gasteiger partial charge on any atom is -0.394 e. The second-order valence-corrected chi connectivity index (χ2v) is 17.3. The number of aliphatic hydroxyl groups is 5. The maximum atomic E-state index is 13.0. The first kappa shape index (κ1) is 53.9. The molecule has 2 unspecified atom stereocenters. The van der Waals surface area contributed by atoms with Crippen LogP contribution in [0.3, 0.4) is 0 Å². The Morgan fingerprint density at radius 2 is 0.965 bits per heavy atom. The molecule has 9 nitrogen and oxygen atoms in total. The lowest BCUT2D eigenvalue weighted by molar-refractivity contribution is -0.302. The molecule has 0 spiro atoms. The average molecular weight is 812 g/mol. The molecule has 1 fully saturated rings. The number of hydrogen-bond acceptors (Lipinski definition) is 8. The predicted molar refractivity (Wildman–Crippen MR) is 235 cm³/mol. The summed E-state index contributed by atoms with van der Waals surface area (Å²) in [7, 11) is 0. The lowest BCUT2D eigenvalue weighted by Gasteiger charge is -2.40. The quantitative estimate of drug-likeness (QED) is 0.0264. The van der Waals surface area contributed by atoms with Gasteiger partial charge in [0.05, 0.1) is 25.4 Å². The van der Waals surface area contributed by atoms with Crippen LogP contribution in [0.1, 0.15) is 232 Å². The van der Waals surface area contributed by atoms with Crippen molar-refractivity contribution in [3.8, 4) is 0 Å². The molecule has 1 rings (SSSR count). The molecule has 1 aliphatic rings. The van der Waals surface area contributed by atoms with Crippen LogP contribution in [-0.2, 0) is 14.3 Å². The van der Waals surface area contributed by atoms with E-state index in [0.29, 0.717) is 6.42 Å². The molecule has 1 saturated heterocycles. The van der Waals surface area contributed by atoms with Gasteiger partial charge in [-0.15, -0.1) is 0 Å². The fraction of sp³-hybridized carbons (Fsp3) is 0.938. The van der Waals surface area contributed by atoms with Gasteiger partial charge in [-0.05, 0) is 19.3 Å². The summed E-state index contributed by atoms with van der Waals surface area (Å²) in [6.45, 7) is 3.79. The summed E-state index contributed by atoms with van der Waals surface area (Å²) in [5.74, 6) is -0.173. The Bertz CT molecular complexity index is 904. The smallest absolute Gasteiger partial charge is 0.220 e. The number of rotatable bonds is 41. The highest BCUT2D eigenvalue weighted by atomic mass is 16.7. The van der Waals surface area contributed by atoms with Gasteiger partial charge in [0.25, 0.3) is 0 Å². The number of allylic oxidation sites excluding steroid dienone is 1. The molecule has 0 aromatic heterocycles. The Morgan fingerprint density at radius 3 is 1.37 bits per heavy atom. The molecule has 7 atom stereocenters. The Kier molecular flexibility index (Phi) is 37.0. The molecule has 0 bridgehead atoms. The van der Waals surface area contributed by atoms with Crippen LogP contribution >= 0.6 is 0 Å². The summed E-state index contributed by atoms with van der Waals surface area (Å²) in [5, 5.41) is 54.3. The van der Waals surface area contributed by atoms with E-state index >= 15 is 0 Å². The number of unbranched alkanes of at least 4 members (excludes halogenated alkanes) is 31. The van der Waals surface area contributed by atoms with Crippen molar-refractivity contribution in [3.05, 3.63) is 12.2 Å². The summed E-state index contributed by atoms with van der Waals surface area (Å²) in [5.41, 5.74) is 0. The first-order chi connectivity index (χ1) is 27.8. The Morgan fingerprint density at radius 1 is 0.579 bits per heavy atom. The van der Waals surface area contributed by atoms with E-state index in [0.717, 1.165) is 38.5 Å². The fourth-order valence-electron chi connectivity index (χ4n) is 7.92. The van der Waals surface area contributed by atoms with Crippen molar-refractivity contribution in [2.24, 2.45) is 0 Å². The van der Waals surface area contributed by atoms with E-state index < -0.39 is 49.5 Å². The molecule has 1 heterocycles. The molecule has 338 valence electrons. The molecule has 57 heavy (non-hydrogen) atoms. The second-order valence-electron chi connectivity index (χ2n) is 17.3. The van der Waals surface area contributed by atoms with E-state index in [-0.39, 0.29) is 12.5 Å². The first-order valence-electron chi connectivity index (χ1n) is 24.4. The van der Waals surface area contributed by atoms with Crippen molar-refractivity contribution in [2.75, 3.05) is 13.2 Å². The van der Waals surface area contributed by atoms with Crippen LogP contribution in [0.25, 0.3) is 0 Å². The average Bonchev–Trinajstić information content (AvgIpc) is 3.21. The van der Waals surface area contributed by atoms with Gasteiger partial charge < -0.3 is 40.3 Å². The largest absolute Gasteiger partial charge is 0.394 e. The van der Waals surface area contributed by atoms with E-state index in [4.69, 9.17) is 9.47 Å². The third-order valence-corrected chi connectivity index (χ3v) is 11.9. The Labute approximate surface area is 350 Å². The fourth-order valence-corrected chi connectivity index (χ4v) is 7.92. The van der Waals surface area contributed by atoms with Crippen LogP contribution in [-0.4, -0.2) is 87.5 Å². The monoisotopic (exact) mass is 812 g/mol. The highest BCUT2D eigenvalue weighted by Gasteiger charge is 2.44. The number of carbonyl (C=O) groups is 1. The van der Waals surface area contributed by atoms with E-state index in [1.54, 1.807) is 6.08 Å². The topological polar surface area (TPSA) is 149 Å². The number of amides is 1. The molecular formula is C48H93NO8. The van der Waals surface area contributed by atoms with Gasteiger partial charge in [-0.1, -0.05) is 219 Å². The van der Waals surface area contributed by atoms with Crippen LogP contribution in [0, 0.1) is 0 Å². The third kappa shape index (κ3) is 29.7. The van der Waals surface area contributed by atoms with E-state index in [2.05, 4.69) is 19.2 Å². The molecule has 0 radical (unpaired) electrons. The van der Waals surface area contributed by atoms with Crippen molar-refractivity contribution in [1.82, 2.24) is 5.32 Å². The maximum Gasteiger partial charge on any atom is 0.220 e. The number of aliphatic hydroxyl groups excluding tert-OH is 5. The van der Waals surface area contributed by atoms with Gasteiger partial charge in [-0.2, -0.15) is 0 Å². The zero-order valence-corrected chi connectivity index (χ0v) is 37.1. The Hall–Kier alpha value is -1.07. The molecule has 0 saturated carbocycles. The molecule has 9 heteroatoms. The van der Waals surface area contributed by atoms with Gasteiger partial charge in [0.2, 0.25) is 5.91 Å². The molecule has 1 aliphatic heterocycles. The lowest BCUT2D eigenvalue weighted by Crippen LogP contribution is -2.60. The zero-order valence-electron chi connectivity index (χ0n) is 37.1. The normalized spacial score (nSPS) is 21.0. The van der Waals surface area contributed by atoms with E-state index in [1.165, 1.54) is 173 Å². The van der Waals surface area contributed by atoms with Crippen molar-refractivity contribution < 1.29 is 39.8 Å². The molecule has 0 aromatic rings. The van der Waals surface area contributed by atoms with Gasteiger partial charge in [0.1, 0.15) is 24.4 Å². The zero-order chi connectivity index (χ0) is 41.6. The molecule has 1 amide bonds. The van der Waals surface area contributed by atoms with Crippen LogP contribution < -0.4 is 5.32 Å². The number of hydrogen-bond donors (Lipinski definition) is 6. The number of nitrogens with one attached hydrogen (secondary N) is 1. The SMILES string of the molecule is CCCCCCCCCCCCCCCC/C=C/[C@@H](O)[C@H](CO[C@H]1O[C@@H](CO)[C@H](O)C(O)C1O)NC(=O)CCCCCCCCCCCCCCCCCCCC. The van der Waals surface area contributed by atoms with Gasteiger partial charge in [-0.25, -0.2) is 0 Å². The van der Waals surface area contributed by atoms with E-state index in [1.807, 2.05) is 6.08 Å². The summed E-state index contributed by atoms with van der Waals surface area (Å²) in [6, 6.07) is -0.798. The maximum absolute atomic E-state index is 13.0. The van der Waals surface area contributed by atoms with Crippen molar-refractivity contribution in [1.29, 1.82) is 0 Å². The van der Waals surface area contributed by atoms with Crippen LogP contribution in [0.5, 0.6) is 0 Å². The third-order valence-electron chi connectivity index (χ3n) is 11.9. The Balaban J connectivity index is 2.31. The van der Waals surface area contributed by atoms with Gasteiger partial charge in [-0.3, -0.25) is 4.79 Å². The van der Waals surface area contributed by atoms with Gasteiger partial charge in [0.15, 0.2) is 6.29 Å². The molecule has 0 aliphatic carbocycles. The molecule has 6 N–H and O–H groups in total. The molecular weight excluding hydrogens is 719 g/mol. The van der Waals surface area contributed by atoms with Crippen LogP contribution in [0.15, 0.2) is 12.2 Å². The summed E-state index contributed by atoms with van der Waals surface area (Å²) >= 11 is 0. The van der Waals surface area contributed by atoms with Crippen LogP contribution in [0.4, 0.5) is 0 Å². The van der Waals surface area contributed by atoms with Crippen molar-refractivity contribution in [3.63, 3.8) is 0 Å². The number of carbonyl (C=O) groups excluding carboxylic acids is 1. The first-order valence-corrected chi connectivity index (χ1v) is 24.4. The van der Waals surface area contributed by atoms with Gasteiger partial charge in [0, 0.05) is 6.42 Å². The lowest BCUT2D eigenvalue weighted by atomic mass is 9.99. The van der Waals surface area contributed by atoms with Crippen molar-refractivity contribution in [2.45, 2.75) is 275 Å². The standard InChI is InChI=1S/C48H93NO8/c1-3-5-7-9-11-13-15-17-19-21-22-24-26-28-30-32-34-36-38-44(52)49-41(40-56-48-47(55)46(54)45(53)43(39-50)57-48)42(51)37-35-33-31-29-27-25-23-20-18-16-14-12-10-8-6-4-2/h35,37,41-43,45-48,50-51,53-55H,3-34,36,38-40H2,1-2H3,(H,49,52)/b37-35+/t41-,42+,43-,45-,46?,47?,48-/m0/s1. The highest BCUT2D eigenvalue weighted by Crippen LogP contribution is 2.23. The van der Waals surface area contributed by atoms with Crippen molar-refractivity contribution >= 4 is 5.91 Å².